The molecule has 6 nitrogen and oxygen atoms in total. The Hall–Kier alpha value is -1.60. The summed E-state index contributed by atoms with van der Waals surface area (Å²) < 4.78 is 1.68. The van der Waals surface area contributed by atoms with Crippen LogP contribution >= 0.6 is 23.4 Å². The summed E-state index contributed by atoms with van der Waals surface area (Å²) >= 11 is 7.33. The highest BCUT2D eigenvalue weighted by atomic mass is 35.5. The second kappa shape index (κ2) is 6.91. The van der Waals surface area contributed by atoms with Crippen LogP contribution in [0.2, 0.25) is 5.02 Å². The molecular formula is C13H16ClN5OS. The molecule has 1 unspecified atom stereocenters. The van der Waals surface area contributed by atoms with E-state index in [-0.39, 0.29) is 17.2 Å². The fourth-order valence-electron chi connectivity index (χ4n) is 1.60. The van der Waals surface area contributed by atoms with Crippen molar-refractivity contribution in [1.82, 2.24) is 20.2 Å². The Kier molecular flexibility index (Phi) is 5.19. The summed E-state index contributed by atoms with van der Waals surface area (Å²) in [7, 11) is 0. The molecule has 2 rings (SSSR count). The van der Waals surface area contributed by atoms with Gasteiger partial charge in [0.25, 0.3) is 0 Å². The smallest absolute Gasteiger partial charge is 0.237 e. The van der Waals surface area contributed by atoms with Crippen molar-refractivity contribution in [2.24, 2.45) is 0 Å². The summed E-state index contributed by atoms with van der Waals surface area (Å²) in [6.07, 6.45) is 0. The number of rotatable bonds is 5. The van der Waals surface area contributed by atoms with Gasteiger partial charge in [-0.2, -0.15) is 0 Å². The third-order valence-electron chi connectivity index (χ3n) is 2.73. The minimum absolute atomic E-state index is 0.140. The van der Waals surface area contributed by atoms with Gasteiger partial charge >= 0.3 is 0 Å². The Bertz CT molecular complexity index is 631. The first kappa shape index (κ1) is 15.8. The molecule has 0 aliphatic rings. The highest BCUT2D eigenvalue weighted by Crippen LogP contribution is 2.25. The van der Waals surface area contributed by atoms with Gasteiger partial charge in [0.05, 0.1) is 22.0 Å². The lowest BCUT2D eigenvalue weighted by molar-refractivity contribution is -0.115. The largest absolute Gasteiger partial charge is 0.324 e. The maximum absolute atomic E-state index is 12.2. The summed E-state index contributed by atoms with van der Waals surface area (Å²) in [5.41, 5.74) is 0.597. The number of anilines is 1. The number of nitrogens with zero attached hydrogens (tertiary/aromatic N) is 4. The van der Waals surface area contributed by atoms with Crippen molar-refractivity contribution in [1.29, 1.82) is 0 Å². The number of carbonyl (C=O) groups excluding carboxylic acids is 1. The van der Waals surface area contributed by atoms with Gasteiger partial charge in [0.2, 0.25) is 11.1 Å². The summed E-state index contributed by atoms with van der Waals surface area (Å²) in [6, 6.07) is 7.26. The highest BCUT2D eigenvalue weighted by Gasteiger charge is 2.20. The van der Waals surface area contributed by atoms with Gasteiger partial charge in [-0.3, -0.25) is 4.79 Å². The number of hydrogen-bond donors (Lipinski definition) is 1. The Morgan fingerprint density at radius 1 is 1.33 bits per heavy atom. The van der Waals surface area contributed by atoms with E-state index in [0.29, 0.717) is 15.9 Å². The van der Waals surface area contributed by atoms with Crippen LogP contribution in [-0.4, -0.2) is 31.4 Å². The molecule has 1 N–H and O–H groups in total. The first-order valence-corrected chi connectivity index (χ1v) is 7.74. The van der Waals surface area contributed by atoms with Crippen molar-refractivity contribution < 1.29 is 4.79 Å². The van der Waals surface area contributed by atoms with E-state index in [1.54, 1.807) is 23.7 Å². The molecule has 1 heterocycles. The molecule has 8 heteroatoms. The van der Waals surface area contributed by atoms with Crippen LogP contribution < -0.4 is 5.32 Å². The zero-order valence-electron chi connectivity index (χ0n) is 11.9. The second-order valence-corrected chi connectivity index (χ2v) is 6.44. The number of aromatic nitrogens is 4. The Labute approximate surface area is 132 Å². The van der Waals surface area contributed by atoms with Gasteiger partial charge in [0, 0.05) is 0 Å². The number of para-hydroxylation sites is 1. The lowest BCUT2D eigenvalue weighted by atomic mass is 10.3. The zero-order valence-corrected chi connectivity index (χ0v) is 13.5. The molecule has 0 radical (unpaired) electrons. The van der Waals surface area contributed by atoms with Gasteiger partial charge in [-0.15, -0.1) is 5.10 Å². The van der Waals surface area contributed by atoms with E-state index >= 15 is 0 Å². The number of hydrogen-bond acceptors (Lipinski definition) is 5. The standard InChI is InChI=1S/C13H16ClN5OS/c1-8(2)19-13(16-17-18-19)21-9(3)12(20)15-11-7-5-4-6-10(11)14/h4-9H,1-3H3,(H,15,20). The van der Waals surface area contributed by atoms with Crippen LogP contribution in [-0.2, 0) is 4.79 Å². The van der Waals surface area contributed by atoms with Crippen LogP contribution in [0, 0.1) is 0 Å². The monoisotopic (exact) mass is 325 g/mol. The molecule has 0 saturated heterocycles. The van der Waals surface area contributed by atoms with E-state index in [1.165, 1.54) is 11.8 Å². The van der Waals surface area contributed by atoms with E-state index in [0.717, 1.165) is 0 Å². The Morgan fingerprint density at radius 2 is 2.05 bits per heavy atom. The zero-order chi connectivity index (χ0) is 15.4. The molecule has 1 aromatic heterocycles. The third kappa shape index (κ3) is 3.95. The number of amides is 1. The van der Waals surface area contributed by atoms with Crippen LogP contribution in [0.4, 0.5) is 5.69 Å². The van der Waals surface area contributed by atoms with Crippen molar-refractivity contribution >= 4 is 35.0 Å². The summed E-state index contributed by atoms with van der Waals surface area (Å²) in [5.74, 6) is -0.147. The first-order valence-electron chi connectivity index (χ1n) is 6.49. The molecule has 0 aliphatic carbocycles. The summed E-state index contributed by atoms with van der Waals surface area (Å²) in [5, 5.41) is 15.1. The van der Waals surface area contributed by atoms with Gasteiger partial charge in [0.15, 0.2) is 0 Å². The number of nitrogens with one attached hydrogen (secondary N) is 1. The van der Waals surface area contributed by atoms with Crippen molar-refractivity contribution in [2.45, 2.75) is 37.2 Å². The molecule has 21 heavy (non-hydrogen) atoms. The fraction of sp³-hybridized carbons (Fsp3) is 0.385. The van der Waals surface area contributed by atoms with E-state index in [9.17, 15) is 4.79 Å². The molecule has 0 spiro atoms. The van der Waals surface area contributed by atoms with Crippen molar-refractivity contribution in [3.8, 4) is 0 Å². The Balaban J connectivity index is 2.03. The van der Waals surface area contributed by atoms with Crippen LogP contribution in [0.5, 0.6) is 0 Å². The molecule has 1 atom stereocenters. The average Bonchev–Trinajstić information content (AvgIpc) is 2.89. The van der Waals surface area contributed by atoms with Crippen LogP contribution in [0.1, 0.15) is 26.8 Å². The van der Waals surface area contributed by atoms with Gasteiger partial charge in [-0.25, -0.2) is 4.68 Å². The Morgan fingerprint density at radius 3 is 2.71 bits per heavy atom. The van der Waals surface area contributed by atoms with E-state index < -0.39 is 0 Å². The predicted molar refractivity (Wildman–Crippen MR) is 83.6 cm³/mol. The number of benzene rings is 1. The maximum atomic E-state index is 12.2. The molecule has 2 aromatic rings. The van der Waals surface area contributed by atoms with Crippen LogP contribution in [0.15, 0.2) is 29.4 Å². The lowest BCUT2D eigenvalue weighted by Gasteiger charge is -2.13. The van der Waals surface area contributed by atoms with Crippen molar-refractivity contribution in [3.05, 3.63) is 29.3 Å². The van der Waals surface area contributed by atoms with E-state index in [1.807, 2.05) is 26.0 Å². The average molecular weight is 326 g/mol. The maximum Gasteiger partial charge on any atom is 0.237 e. The third-order valence-corrected chi connectivity index (χ3v) is 4.11. The molecule has 0 bridgehead atoms. The van der Waals surface area contributed by atoms with Gasteiger partial charge < -0.3 is 5.32 Å². The number of halogens is 1. The summed E-state index contributed by atoms with van der Waals surface area (Å²) in [6.45, 7) is 5.76. The van der Waals surface area contributed by atoms with Crippen LogP contribution in [0.3, 0.4) is 0 Å². The predicted octanol–water partition coefficient (Wildman–Crippen LogP) is 3.03. The SMILES string of the molecule is CC(Sc1nnnn1C(C)C)C(=O)Nc1ccccc1Cl. The van der Waals surface area contributed by atoms with Crippen molar-refractivity contribution in [2.75, 3.05) is 5.32 Å². The molecular weight excluding hydrogens is 310 g/mol. The molecule has 0 aliphatic heterocycles. The molecule has 1 aromatic carbocycles. The molecule has 1 amide bonds. The van der Waals surface area contributed by atoms with Crippen molar-refractivity contribution in [3.63, 3.8) is 0 Å². The molecule has 0 fully saturated rings. The quantitative estimate of drug-likeness (QED) is 0.855. The summed E-state index contributed by atoms with van der Waals surface area (Å²) in [4.78, 5) is 12.2. The fourth-order valence-corrected chi connectivity index (χ4v) is 2.70. The number of tetrazole rings is 1. The lowest BCUT2D eigenvalue weighted by Crippen LogP contribution is -2.23. The number of thioether (sulfide) groups is 1. The van der Waals surface area contributed by atoms with Gasteiger partial charge in [-0.05, 0) is 43.3 Å². The van der Waals surface area contributed by atoms with Crippen LogP contribution in [0.25, 0.3) is 0 Å². The first-order chi connectivity index (χ1) is 9.99. The minimum Gasteiger partial charge on any atom is -0.324 e. The second-order valence-electron chi connectivity index (χ2n) is 4.73. The normalized spacial score (nSPS) is 12.4. The molecule has 0 saturated carbocycles. The number of carbonyl (C=O) groups is 1. The highest BCUT2D eigenvalue weighted by molar-refractivity contribution is 8.00. The van der Waals surface area contributed by atoms with E-state index in [4.69, 9.17) is 11.6 Å². The van der Waals surface area contributed by atoms with Gasteiger partial charge in [0.1, 0.15) is 0 Å². The molecule has 112 valence electrons. The topological polar surface area (TPSA) is 72.7 Å². The minimum atomic E-state index is -0.343. The van der Waals surface area contributed by atoms with Gasteiger partial charge in [-0.1, -0.05) is 35.5 Å². The van der Waals surface area contributed by atoms with E-state index in [2.05, 4.69) is 20.8 Å².